The summed E-state index contributed by atoms with van der Waals surface area (Å²) in [6.45, 7) is 6.97. The third-order valence-corrected chi connectivity index (χ3v) is 2.40. The zero-order chi connectivity index (χ0) is 13.2. The van der Waals surface area contributed by atoms with Gasteiger partial charge in [-0.3, -0.25) is 4.98 Å². The predicted molar refractivity (Wildman–Crippen MR) is 67.9 cm³/mol. The average molecular weight is 248 g/mol. The molecule has 0 aliphatic heterocycles. The predicted octanol–water partition coefficient (Wildman–Crippen LogP) is 2.29. The lowest BCUT2D eigenvalue weighted by Gasteiger charge is -2.19. The standard InChI is InChI=1S/C13H17FN4/c1-13(2,3)16-8-11-4-5-18(17-11)12-6-10(14)7-15-9-12/h4-7,9,16H,8H2,1-3H3. The minimum atomic E-state index is -0.364. The van der Waals surface area contributed by atoms with Gasteiger partial charge in [-0.25, -0.2) is 9.07 Å². The Morgan fingerprint density at radius 3 is 2.78 bits per heavy atom. The fourth-order valence-electron chi connectivity index (χ4n) is 1.48. The average Bonchev–Trinajstić information content (AvgIpc) is 2.74. The number of rotatable bonds is 3. The molecule has 0 radical (unpaired) electrons. The monoisotopic (exact) mass is 248 g/mol. The molecule has 2 aromatic rings. The summed E-state index contributed by atoms with van der Waals surface area (Å²) in [5, 5.41) is 7.72. The van der Waals surface area contributed by atoms with E-state index in [-0.39, 0.29) is 11.4 Å². The Kier molecular flexibility index (Phi) is 3.43. The molecular weight excluding hydrogens is 231 g/mol. The van der Waals surface area contributed by atoms with E-state index >= 15 is 0 Å². The van der Waals surface area contributed by atoms with Crippen molar-refractivity contribution < 1.29 is 4.39 Å². The molecule has 0 spiro atoms. The van der Waals surface area contributed by atoms with Crippen molar-refractivity contribution in [2.75, 3.05) is 0 Å². The summed E-state index contributed by atoms with van der Waals surface area (Å²) in [4.78, 5) is 3.80. The number of halogens is 1. The van der Waals surface area contributed by atoms with Crippen LogP contribution in [0.2, 0.25) is 0 Å². The Morgan fingerprint density at radius 2 is 2.11 bits per heavy atom. The maximum Gasteiger partial charge on any atom is 0.143 e. The van der Waals surface area contributed by atoms with Crippen molar-refractivity contribution in [3.05, 3.63) is 42.2 Å². The van der Waals surface area contributed by atoms with E-state index in [0.29, 0.717) is 12.2 Å². The van der Waals surface area contributed by atoms with E-state index in [1.165, 1.54) is 12.3 Å². The zero-order valence-electron chi connectivity index (χ0n) is 10.8. The first-order valence-electron chi connectivity index (χ1n) is 5.84. The normalized spacial score (nSPS) is 11.8. The van der Waals surface area contributed by atoms with Crippen LogP contribution in [-0.2, 0) is 6.54 Å². The van der Waals surface area contributed by atoms with E-state index in [1.807, 2.05) is 6.07 Å². The summed E-state index contributed by atoms with van der Waals surface area (Å²) in [7, 11) is 0. The molecule has 0 amide bonds. The first kappa shape index (κ1) is 12.7. The maximum atomic E-state index is 13.0. The maximum absolute atomic E-state index is 13.0. The number of pyridine rings is 1. The van der Waals surface area contributed by atoms with Crippen LogP contribution in [0.5, 0.6) is 0 Å². The fraction of sp³-hybridized carbons (Fsp3) is 0.385. The Balaban J connectivity index is 2.11. The van der Waals surface area contributed by atoms with Crippen molar-refractivity contribution in [2.45, 2.75) is 32.9 Å². The number of nitrogens with one attached hydrogen (secondary N) is 1. The van der Waals surface area contributed by atoms with Gasteiger partial charge in [0, 0.05) is 24.3 Å². The highest BCUT2D eigenvalue weighted by atomic mass is 19.1. The molecule has 0 saturated carbocycles. The Bertz CT molecular complexity index is 528. The van der Waals surface area contributed by atoms with Crippen molar-refractivity contribution in [2.24, 2.45) is 0 Å². The van der Waals surface area contributed by atoms with Crippen molar-refractivity contribution in [1.29, 1.82) is 0 Å². The molecule has 18 heavy (non-hydrogen) atoms. The van der Waals surface area contributed by atoms with Crippen LogP contribution in [0.4, 0.5) is 4.39 Å². The highest BCUT2D eigenvalue weighted by Crippen LogP contribution is 2.08. The van der Waals surface area contributed by atoms with Gasteiger partial charge in [-0.15, -0.1) is 0 Å². The quantitative estimate of drug-likeness (QED) is 0.906. The minimum Gasteiger partial charge on any atom is -0.306 e. The van der Waals surface area contributed by atoms with E-state index in [9.17, 15) is 4.39 Å². The number of nitrogens with zero attached hydrogens (tertiary/aromatic N) is 3. The largest absolute Gasteiger partial charge is 0.306 e. The van der Waals surface area contributed by atoms with E-state index in [4.69, 9.17) is 0 Å². The van der Waals surface area contributed by atoms with Crippen molar-refractivity contribution in [1.82, 2.24) is 20.1 Å². The van der Waals surface area contributed by atoms with E-state index in [1.54, 1.807) is 17.1 Å². The molecule has 5 heteroatoms. The van der Waals surface area contributed by atoms with E-state index in [2.05, 4.69) is 36.2 Å². The van der Waals surface area contributed by atoms with Crippen LogP contribution in [0, 0.1) is 5.82 Å². The van der Waals surface area contributed by atoms with Crippen molar-refractivity contribution in [3.63, 3.8) is 0 Å². The summed E-state index contributed by atoms with van der Waals surface area (Å²) in [6, 6.07) is 3.31. The van der Waals surface area contributed by atoms with Gasteiger partial charge in [-0.2, -0.15) is 5.10 Å². The molecule has 1 N–H and O–H groups in total. The zero-order valence-corrected chi connectivity index (χ0v) is 10.8. The van der Waals surface area contributed by atoms with Crippen LogP contribution in [0.15, 0.2) is 30.7 Å². The molecule has 0 unspecified atom stereocenters. The topological polar surface area (TPSA) is 42.7 Å². The molecule has 0 aliphatic rings. The number of hydrogen-bond acceptors (Lipinski definition) is 3. The molecule has 2 rings (SSSR count). The summed E-state index contributed by atoms with van der Waals surface area (Å²) >= 11 is 0. The number of aromatic nitrogens is 3. The third-order valence-electron chi connectivity index (χ3n) is 2.40. The number of hydrogen-bond donors (Lipinski definition) is 1. The SMILES string of the molecule is CC(C)(C)NCc1ccn(-c2cncc(F)c2)n1. The van der Waals surface area contributed by atoms with Gasteiger partial charge in [-0.05, 0) is 26.8 Å². The fourth-order valence-corrected chi connectivity index (χ4v) is 1.48. The second-order valence-corrected chi connectivity index (χ2v) is 5.22. The van der Waals surface area contributed by atoms with Gasteiger partial charge in [0.05, 0.1) is 23.8 Å². The van der Waals surface area contributed by atoms with E-state index < -0.39 is 0 Å². The summed E-state index contributed by atoms with van der Waals surface area (Å²) in [5.41, 5.74) is 1.58. The molecule has 4 nitrogen and oxygen atoms in total. The summed E-state index contributed by atoms with van der Waals surface area (Å²) in [5.74, 6) is -0.364. The van der Waals surface area contributed by atoms with Gasteiger partial charge in [0.2, 0.25) is 0 Å². The molecule has 96 valence electrons. The van der Waals surface area contributed by atoms with Crippen LogP contribution >= 0.6 is 0 Å². The Hall–Kier alpha value is -1.75. The molecule has 0 aliphatic carbocycles. The third kappa shape index (κ3) is 3.37. The van der Waals surface area contributed by atoms with Gasteiger partial charge in [-0.1, -0.05) is 0 Å². The minimum absolute atomic E-state index is 0.0458. The van der Waals surface area contributed by atoms with Crippen LogP contribution in [0.3, 0.4) is 0 Å². The lowest BCUT2D eigenvalue weighted by Crippen LogP contribution is -2.35. The van der Waals surface area contributed by atoms with Crippen molar-refractivity contribution >= 4 is 0 Å². The van der Waals surface area contributed by atoms with Gasteiger partial charge in [0.15, 0.2) is 0 Å². The summed E-state index contributed by atoms with van der Waals surface area (Å²) in [6.07, 6.45) is 4.56. The first-order chi connectivity index (χ1) is 8.44. The molecule has 2 heterocycles. The van der Waals surface area contributed by atoms with Gasteiger partial charge < -0.3 is 5.32 Å². The smallest absolute Gasteiger partial charge is 0.143 e. The van der Waals surface area contributed by atoms with Gasteiger partial charge >= 0.3 is 0 Å². The molecule has 2 aromatic heterocycles. The van der Waals surface area contributed by atoms with E-state index in [0.717, 1.165) is 5.69 Å². The first-order valence-corrected chi connectivity index (χ1v) is 5.84. The molecule has 0 saturated heterocycles. The van der Waals surface area contributed by atoms with Crippen LogP contribution in [0.25, 0.3) is 5.69 Å². The van der Waals surface area contributed by atoms with Crippen molar-refractivity contribution in [3.8, 4) is 5.69 Å². The highest BCUT2D eigenvalue weighted by Gasteiger charge is 2.10. The molecule has 0 bridgehead atoms. The molecule has 0 atom stereocenters. The lowest BCUT2D eigenvalue weighted by molar-refractivity contribution is 0.420. The van der Waals surface area contributed by atoms with Gasteiger partial charge in [0.1, 0.15) is 5.82 Å². The summed E-state index contributed by atoms with van der Waals surface area (Å²) < 4.78 is 14.7. The molecular formula is C13H17FN4. The van der Waals surface area contributed by atoms with Crippen LogP contribution < -0.4 is 5.32 Å². The highest BCUT2D eigenvalue weighted by molar-refractivity contribution is 5.27. The molecule has 0 aromatic carbocycles. The van der Waals surface area contributed by atoms with Gasteiger partial charge in [0.25, 0.3) is 0 Å². The second kappa shape index (κ2) is 4.86. The Morgan fingerprint density at radius 1 is 1.33 bits per heavy atom. The van der Waals surface area contributed by atoms with Crippen LogP contribution in [-0.4, -0.2) is 20.3 Å². The Labute approximate surface area is 106 Å². The second-order valence-electron chi connectivity index (χ2n) is 5.22. The van der Waals surface area contributed by atoms with Crippen LogP contribution in [0.1, 0.15) is 26.5 Å². The molecule has 0 fully saturated rings. The lowest BCUT2D eigenvalue weighted by atomic mass is 10.1.